The van der Waals surface area contributed by atoms with Crippen molar-refractivity contribution in [1.29, 1.82) is 0 Å². The number of amides is 1. The SMILES string of the molecule is CN(CCOc1ccccc1)C(=O)C1CNNC1c1ccc(F)cc1. The highest BCUT2D eigenvalue weighted by molar-refractivity contribution is 5.80. The molecule has 5 nitrogen and oxygen atoms in total. The largest absolute Gasteiger partial charge is 0.492 e. The Kier molecular flexibility index (Phi) is 5.63. The van der Waals surface area contributed by atoms with Crippen LogP contribution < -0.4 is 15.6 Å². The van der Waals surface area contributed by atoms with Gasteiger partial charge in [0.1, 0.15) is 18.2 Å². The van der Waals surface area contributed by atoms with E-state index in [9.17, 15) is 9.18 Å². The third-order valence-electron chi connectivity index (χ3n) is 4.34. The van der Waals surface area contributed by atoms with E-state index in [0.29, 0.717) is 19.7 Å². The average molecular weight is 343 g/mol. The number of carbonyl (C=O) groups is 1. The van der Waals surface area contributed by atoms with Crippen molar-refractivity contribution in [2.24, 2.45) is 5.92 Å². The van der Waals surface area contributed by atoms with E-state index in [1.807, 2.05) is 30.3 Å². The molecular weight excluding hydrogens is 321 g/mol. The topological polar surface area (TPSA) is 53.6 Å². The fourth-order valence-corrected chi connectivity index (χ4v) is 2.92. The first-order valence-corrected chi connectivity index (χ1v) is 8.32. The molecule has 0 aliphatic carbocycles. The van der Waals surface area contributed by atoms with Crippen LogP contribution >= 0.6 is 0 Å². The molecule has 1 saturated heterocycles. The van der Waals surface area contributed by atoms with Crippen molar-refractivity contribution >= 4 is 5.91 Å². The van der Waals surface area contributed by atoms with E-state index >= 15 is 0 Å². The van der Waals surface area contributed by atoms with E-state index in [1.165, 1.54) is 12.1 Å². The van der Waals surface area contributed by atoms with Gasteiger partial charge in [-0.05, 0) is 29.8 Å². The Hall–Kier alpha value is -2.44. The molecule has 1 aliphatic rings. The van der Waals surface area contributed by atoms with Gasteiger partial charge in [-0.3, -0.25) is 10.2 Å². The highest BCUT2D eigenvalue weighted by Crippen LogP contribution is 2.26. The van der Waals surface area contributed by atoms with Crippen molar-refractivity contribution in [2.75, 3.05) is 26.7 Å². The van der Waals surface area contributed by atoms with Gasteiger partial charge >= 0.3 is 0 Å². The molecule has 0 bridgehead atoms. The molecule has 0 radical (unpaired) electrons. The van der Waals surface area contributed by atoms with Gasteiger partial charge in [0, 0.05) is 13.6 Å². The molecule has 2 N–H and O–H groups in total. The molecule has 25 heavy (non-hydrogen) atoms. The van der Waals surface area contributed by atoms with Gasteiger partial charge in [0.25, 0.3) is 0 Å². The van der Waals surface area contributed by atoms with Crippen LogP contribution in [-0.2, 0) is 4.79 Å². The summed E-state index contributed by atoms with van der Waals surface area (Å²) < 4.78 is 18.8. The molecule has 1 fully saturated rings. The van der Waals surface area contributed by atoms with Gasteiger partial charge in [-0.2, -0.15) is 0 Å². The lowest BCUT2D eigenvalue weighted by atomic mass is 9.94. The fourth-order valence-electron chi connectivity index (χ4n) is 2.92. The van der Waals surface area contributed by atoms with Crippen molar-refractivity contribution in [3.05, 3.63) is 66.0 Å². The predicted octanol–water partition coefficient (Wildman–Crippen LogP) is 2.13. The van der Waals surface area contributed by atoms with E-state index in [-0.39, 0.29) is 23.7 Å². The Morgan fingerprint density at radius 2 is 1.92 bits per heavy atom. The van der Waals surface area contributed by atoms with Crippen molar-refractivity contribution in [3.63, 3.8) is 0 Å². The Labute approximate surface area is 146 Å². The summed E-state index contributed by atoms with van der Waals surface area (Å²) >= 11 is 0. The minimum Gasteiger partial charge on any atom is -0.492 e. The zero-order valence-corrected chi connectivity index (χ0v) is 14.1. The number of likely N-dealkylation sites (N-methyl/N-ethyl adjacent to an activating group) is 1. The third kappa shape index (κ3) is 4.35. The summed E-state index contributed by atoms with van der Waals surface area (Å²) in [5.74, 6) is 0.292. The van der Waals surface area contributed by atoms with Gasteiger partial charge in [-0.25, -0.2) is 9.82 Å². The molecule has 0 saturated carbocycles. The van der Waals surface area contributed by atoms with E-state index in [1.54, 1.807) is 24.1 Å². The van der Waals surface area contributed by atoms with Crippen LogP contribution in [0.25, 0.3) is 0 Å². The quantitative estimate of drug-likeness (QED) is 0.844. The Morgan fingerprint density at radius 3 is 2.64 bits per heavy atom. The Balaban J connectivity index is 1.56. The van der Waals surface area contributed by atoms with Crippen LogP contribution in [0, 0.1) is 11.7 Å². The molecule has 2 aromatic rings. The van der Waals surface area contributed by atoms with Crippen molar-refractivity contribution in [2.45, 2.75) is 6.04 Å². The molecule has 0 aromatic heterocycles. The maximum Gasteiger partial charge on any atom is 0.228 e. The molecule has 0 spiro atoms. The lowest BCUT2D eigenvalue weighted by Crippen LogP contribution is -2.38. The summed E-state index contributed by atoms with van der Waals surface area (Å²) in [6, 6.07) is 15.6. The van der Waals surface area contributed by atoms with Crippen LogP contribution in [0.4, 0.5) is 4.39 Å². The molecule has 6 heteroatoms. The molecule has 1 aliphatic heterocycles. The first-order valence-electron chi connectivity index (χ1n) is 8.32. The number of halogens is 1. The number of nitrogens with zero attached hydrogens (tertiary/aromatic N) is 1. The molecule has 2 atom stereocenters. The van der Waals surface area contributed by atoms with E-state index in [2.05, 4.69) is 10.9 Å². The zero-order valence-electron chi connectivity index (χ0n) is 14.1. The van der Waals surface area contributed by atoms with Gasteiger partial charge in [-0.15, -0.1) is 0 Å². The Bertz CT molecular complexity index is 694. The predicted molar refractivity (Wildman–Crippen MR) is 93.3 cm³/mol. The molecular formula is C19H22FN3O2. The summed E-state index contributed by atoms with van der Waals surface area (Å²) in [5.41, 5.74) is 7.03. The minimum absolute atomic E-state index is 0.0310. The molecule has 3 rings (SSSR count). The molecule has 2 unspecified atom stereocenters. The van der Waals surface area contributed by atoms with Crippen LogP contribution in [0.3, 0.4) is 0 Å². The number of benzene rings is 2. The lowest BCUT2D eigenvalue weighted by Gasteiger charge is -2.24. The number of rotatable bonds is 6. The number of para-hydroxylation sites is 1. The monoisotopic (exact) mass is 343 g/mol. The Morgan fingerprint density at radius 1 is 1.20 bits per heavy atom. The standard InChI is InChI=1S/C19H22FN3O2/c1-23(11-12-25-16-5-3-2-4-6-16)19(24)17-13-21-22-18(17)14-7-9-15(20)10-8-14/h2-10,17-18,21-22H,11-13H2,1H3. The van der Waals surface area contributed by atoms with Crippen LogP contribution in [0.1, 0.15) is 11.6 Å². The van der Waals surface area contributed by atoms with Gasteiger partial charge in [0.05, 0.1) is 18.5 Å². The van der Waals surface area contributed by atoms with Crippen molar-refractivity contribution in [1.82, 2.24) is 15.8 Å². The highest BCUT2D eigenvalue weighted by atomic mass is 19.1. The summed E-state index contributed by atoms with van der Waals surface area (Å²) in [5, 5.41) is 0. The van der Waals surface area contributed by atoms with Crippen LogP contribution in [0.5, 0.6) is 5.75 Å². The molecule has 132 valence electrons. The lowest BCUT2D eigenvalue weighted by molar-refractivity contribution is -0.134. The third-order valence-corrected chi connectivity index (χ3v) is 4.34. The smallest absolute Gasteiger partial charge is 0.228 e. The van der Waals surface area contributed by atoms with Crippen molar-refractivity contribution in [3.8, 4) is 5.75 Å². The summed E-state index contributed by atoms with van der Waals surface area (Å²) in [4.78, 5) is 14.4. The number of hydrazine groups is 1. The first kappa shape index (κ1) is 17.4. The van der Waals surface area contributed by atoms with Gasteiger partial charge in [0.15, 0.2) is 0 Å². The number of nitrogens with one attached hydrogen (secondary N) is 2. The van der Waals surface area contributed by atoms with E-state index in [0.717, 1.165) is 11.3 Å². The molecule has 1 heterocycles. The maximum atomic E-state index is 13.1. The van der Waals surface area contributed by atoms with Crippen LogP contribution in [0.15, 0.2) is 54.6 Å². The number of carbonyl (C=O) groups excluding carboxylic acids is 1. The fraction of sp³-hybridized carbons (Fsp3) is 0.316. The second kappa shape index (κ2) is 8.09. The minimum atomic E-state index is -0.284. The second-order valence-electron chi connectivity index (χ2n) is 6.08. The first-order chi connectivity index (χ1) is 12.1. The highest BCUT2D eigenvalue weighted by Gasteiger charge is 2.35. The molecule has 2 aromatic carbocycles. The van der Waals surface area contributed by atoms with Gasteiger partial charge in [-0.1, -0.05) is 30.3 Å². The van der Waals surface area contributed by atoms with Gasteiger partial charge in [0.2, 0.25) is 5.91 Å². The molecule has 1 amide bonds. The van der Waals surface area contributed by atoms with Gasteiger partial charge < -0.3 is 9.64 Å². The van der Waals surface area contributed by atoms with Crippen LogP contribution in [0.2, 0.25) is 0 Å². The maximum absolute atomic E-state index is 13.1. The summed E-state index contributed by atoms with van der Waals surface area (Å²) in [6.45, 7) is 1.46. The van der Waals surface area contributed by atoms with Crippen LogP contribution in [-0.4, -0.2) is 37.6 Å². The normalized spacial score (nSPS) is 19.6. The number of ether oxygens (including phenoxy) is 1. The second-order valence-corrected chi connectivity index (χ2v) is 6.08. The number of hydrogen-bond donors (Lipinski definition) is 2. The number of hydrogen-bond acceptors (Lipinski definition) is 4. The average Bonchev–Trinajstić information content (AvgIpc) is 3.12. The summed E-state index contributed by atoms with van der Waals surface area (Å²) in [6.07, 6.45) is 0. The zero-order chi connectivity index (χ0) is 17.6. The van der Waals surface area contributed by atoms with E-state index < -0.39 is 0 Å². The van der Waals surface area contributed by atoms with E-state index in [4.69, 9.17) is 4.74 Å². The van der Waals surface area contributed by atoms with Crippen molar-refractivity contribution < 1.29 is 13.9 Å². The summed E-state index contributed by atoms with van der Waals surface area (Å²) in [7, 11) is 1.77.